The molecule has 1 aromatic rings. The Morgan fingerprint density at radius 1 is 1.22 bits per heavy atom. The van der Waals surface area contributed by atoms with E-state index in [4.69, 9.17) is 9.15 Å². The number of hydrogen-bond donors (Lipinski definition) is 0. The molecule has 0 spiro atoms. The molecule has 150 valence electrons. The Labute approximate surface area is 153 Å². The van der Waals surface area contributed by atoms with E-state index >= 15 is 0 Å². The molecule has 7 nitrogen and oxygen atoms in total. The molecule has 1 aliphatic heterocycles. The first-order chi connectivity index (χ1) is 12.4. The summed E-state index contributed by atoms with van der Waals surface area (Å²) in [4.78, 5) is 36.3. The largest absolute Gasteiger partial charge is 0.491 e. The van der Waals surface area contributed by atoms with Crippen LogP contribution in [0, 0.1) is 0 Å². The van der Waals surface area contributed by atoms with Crippen molar-refractivity contribution in [3.05, 3.63) is 23.7 Å². The molecule has 1 aromatic heterocycles. The first-order valence-electron chi connectivity index (χ1n) is 8.26. The molecule has 0 bridgehead atoms. The van der Waals surface area contributed by atoms with Gasteiger partial charge in [-0.05, 0) is 52.3 Å². The maximum atomic E-state index is 12.3. The highest BCUT2D eigenvalue weighted by atomic mass is 19.4. The summed E-state index contributed by atoms with van der Waals surface area (Å²) in [6.07, 6.45) is -3.91. The fourth-order valence-electron chi connectivity index (χ4n) is 2.62. The highest BCUT2D eigenvalue weighted by Gasteiger charge is 2.43. The van der Waals surface area contributed by atoms with E-state index in [1.807, 2.05) is 0 Å². The van der Waals surface area contributed by atoms with Gasteiger partial charge in [-0.2, -0.15) is 13.2 Å². The highest BCUT2D eigenvalue weighted by Crippen LogP contribution is 2.24. The third kappa shape index (κ3) is 5.81. The maximum absolute atomic E-state index is 12.3. The van der Waals surface area contributed by atoms with Crippen molar-refractivity contribution in [3.63, 3.8) is 0 Å². The monoisotopic (exact) mass is 391 g/mol. The predicted octanol–water partition coefficient (Wildman–Crippen LogP) is 2.83. The van der Waals surface area contributed by atoms with Gasteiger partial charge in [0.2, 0.25) is 5.76 Å². The van der Waals surface area contributed by atoms with E-state index < -0.39 is 35.5 Å². The molecule has 1 saturated heterocycles. The average molecular weight is 391 g/mol. The Bertz CT molecular complexity index is 719. The summed E-state index contributed by atoms with van der Waals surface area (Å²) in [6, 6.07) is 2.01. The standard InChI is InChI=1S/C17H20F3NO6/c1-16(2,3)27-13(22)11-5-4-8-21(11)9-10-6-7-12(25-10)14(23)26-15(24)17(18,19)20/h6-7,11H,4-5,8-9H2,1-3H3. The maximum Gasteiger partial charge on any atom is 0.491 e. The Morgan fingerprint density at radius 3 is 2.48 bits per heavy atom. The van der Waals surface area contributed by atoms with Crippen molar-refractivity contribution in [1.82, 2.24) is 4.90 Å². The van der Waals surface area contributed by atoms with Gasteiger partial charge in [0.25, 0.3) is 0 Å². The van der Waals surface area contributed by atoms with Crippen LogP contribution in [-0.2, 0) is 25.6 Å². The van der Waals surface area contributed by atoms with Gasteiger partial charge < -0.3 is 13.9 Å². The van der Waals surface area contributed by atoms with Crippen LogP contribution in [0.3, 0.4) is 0 Å². The van der Waals surface area contributed by atoms with Crippen molar-refractivity contribution in [1.29, 1.82) is 0 Å². The van der Waals surface area contributed by atoms with E-state index in [0.717, 1.165) is 12.5 Å². The molecule has 0 N–H and O–H groups in total. The number of rotatable bonds is 4. The van der Waals surface area contributed by atoms with Crippen molar-refractivity contribution in [3.8, 4) is 0 Å². The molecule has 1 fully saturated rings. The van der Waals surface area contributed by atoms with Gasteiger partial charge >= 0.3 is 24.1 Å². The van der Waals surface area contributed by atoms with Gasteiger partial charge in [-0.15, -0.1) is 0 Å². The zero-order valence-electron chi connectivity index (χ0n) is 15.1. The van der Waals surface area contributed by atoms with Gasteiger partial charge in [0.05, 0.1) is 6.54 Å². The molecule has 2 rings (SSSR count). The first kappa shape index (κ1) is 20.9. The van der Waals surface area contributed by atoms with Crippen LogP contribution in [0.5, 0.6) is 0 Å². The molecule has 10 heteroatoms. The summed E-state index contributed by atoms with van der Waals surface area (Å²) in [7, 11) is 0. The average Bonchev–Trinajstić information content (AvgIpc) is 3.14. The molecule has 27 heavy (non-hydrogen) atoms. The van der Waals surface area contributed by atoms with Crippen molar-refractivity contribution in [2.45, 2.75) is 58.0 Å². The second-order valence-corrected chi connectivity index (χ2v) is 7.10. The predicted molar refractivity (Wildman–Crippen MR) is 84.5 cm³/mol. The van der Waals surface area contributed by atoms with E-state index in [2.05, 4.69) is 4.74 Å². The number of alkyl halides is 3. The zero-order valence-corrected chi connectivity index (χ0v) is 15.1. The first-order valence-corrected chi connectivity index (χ1v) is 8.26. The number of carbonyl (C=O) groups excluding carboxylic acids is 3. The lowest BCUT2D eigenvalue weighted by Gasteiger charge is -2.26. The Balaban J connectivity index is 1.99. The van der Waals surface area contributed by atoms with Crippen molar-refractivity contribution in [2.24, 2.45) is 0 Å². The van der Waals surface area contributed by atoms with Gasteiger partial charge in [-0.1, -0.05) is 0 Å². The lowest BCUT2D eigenvalue weighted by Crippen LogP contribution is -2.40. The van der Waals surface area contributed by atoms with Gasteiger partial charge in [-0.3, -0.25) is 9.69 Å². The van der Waals surface area contributed by atoms with Crippen molar-refractivity contribution < 1.29 is 41.4 Å². The zero-order chi connectivity index (χ0) is 20.4. The van der Waals surface area contributed by atoms with E-state index in [0.29, 0.717) is 13.0 Å². The molecule has 2 heterocycles. The fourth-order valence-corrected chi connectivity index (χ4v) is 2.62. The minimum atomic E-state index is -5.28. The fraction of sp³-hybridized carbons (Fsp3) is 0.588. The Kier molecular flexibility index (Phi) is 5.98. The van der Waals surface area contributed by atoms with Gasteiger partial charge in [0, 0.05) is 0 Å². The van der Waals surface area contributed by atoms with E-state index in [-0.39, 0.29) is 18.3 Å². The topological polar surface area (TPSA) is 86.0 Å². The van der Waals surface area contributed by atoms with Crippen molar-refractivity contribution in [2.75, 3.05) is 6.54 Å². The quantitative estimate of drug-likeness (QED) is 0.576. The summed E-state index contributed by atoms with van der Waals surface area (Å²) in [6.45, 7) is 6.03. The molecule has 1 unspecified atom stereocenters. The second kappa shape index (κ2) is 7.71. The third-order valence-corrected chi connectivity index (χ3v) is 3.68. The van der Waals surface area contributed by atoms with Crippen LogP contribution in [-0.4, -0.2) is 47.2 Å². The van der Waals surface area contributed by atoms with E-state index in [1.54, 1.807) is 25.7 Å². The van der Waals surface area contributed by atoms with Crippen LogP contribution < -0.4 is 0 Å². The molecule has 0 amide bonds. The lowest BCUT2D eigenvalue weighted by atomic mass is 10.1. The molecule has 1 atom stereocenters. The van der Waals surface area contributed by atoms with Crippen LogP contribution in [0.1, 0.15) is 49.9 Å². The summed E-state index contributed by atoms with van der Waals surface area (Å²) in [5.74, 6) is -4.81. The molecule has 0 radical (unpaired) electrons. The highest BCUT2D eigenvalue weighted by molar-refractivity contribution is 5.96. The third-order valence-electron chi connectivity index (χ3n) is 3.68. The summed E-state index contributed by atoms with van der Waals surface area (Å²) >= 11 is 0. The number of ether oxygens (including phenoxy) is 2. The SMILES string of the molecule is CC(C)(C)OC(=O)C1CCCN1Cc1ccc(C(=O)OC(=O)C(F)(F)F)o1. The summed E-state index contributed by atoms with van der Waals surface area (Å²) in [5.41, 5.74) is -0.627. The molecule has 0 saturated carbocycles. The number of likely N-dealkylation sites (tertiary alicyclic amines) is 1. The van der Waals surface area contributed by atoms with Crippen molar-refractivity contribution >= 4 is 17.9 Å². The van der Waals surface area contributed by atoms with Gasteiger partial charge in [0.15, 0.2) is 0 Å². The number of esters is 3. The molecular weight excluding hydrogens is 371 g/mol. The summed E-state index contributed by atoms with van der Waals surface area (Å²) < 4.78 is 50.6. The van der Waals surface area contributed by atoms with Gasteiger partial charge in [-0.25, -0.2) is 9.59 Å². The smallest absolute Gasteiger partial charge is 0.459 e. The molecule has 0 aromatic carbocycles. The lowest BCUT2D eigenvalue weighted by molar-refractivity contribution is -0.193. The van der Waals surface area contributed by atoms with Gasteiger partial charge in [0.1, 0.15) is 17.4 Å². The molecule has 1 aliphatic rings. The van der Waals surface area contributed by atoms with E-state index in [9.17, 15) is 27.6 Å². The van der Waals surface area contributed by atoms with Crippen LogP contribution in [0.2, 0.25) is 0 Å². The number of hydrogen-bond acceptors (Lipinski definition) is 7. The van der Waals surface area contributed by atoms with Crippen LogP contribution >= 0.6 is 0 Å². The minimum absolute atomic E-state index is 0.157. The normalized spacial score (nSPS) is 18.4. The van der Waals surface area contributed by atoms with Crippen LogP contribution in [0.25, 0.3) is 0 Å². The van der Waals surface area contributed by atoms with Crippen LogP contribution in [0.4, 0.5) is 13.2 Å². The molecular formula is C17H20F3NO6. The molecule has 0 aliphatic carbocycles. The van der Waals surface area contributed by atoms with Crippen LogP contribution in [0.15, 0.2) is 16.5 Å². The number of carbonyl (C=O) groups is 3. The minimum Gasteiger partial charge on any atom is -0.459 e. The summed E-state index contributed by atoms with van der Waals surface area (Å²) in [5, 5.41) is 0. The van der Waals surface area contributed by atoms with E-state index in [1.165, 1.54) is 6.07 Å². The number of nitrogens with zero attached hydrogens (tertiary/aromatic N) is 1. The second-order valence-electron chi connectivity index (χ2n) is 7.10. The Morgan fingerprint density at radius 2 is 1.89 bits per heavy atom. The Hall–Kier alpha value is -2.36. The number of halogens is 3. The number of furan rings is 1.